The molecule has 1 heterocycles. The van der Waals surface area contributed by atoms with Gasteiger partial charge in [-0.15, -0.1) is 0 Å². The van der Waals surface area contributed by atoms with Gasteiger partial charge in [0.2, 0.25) is 5.13 Å². The highest BCUT2D eigenvalue weighted by molar-refractivity contribution is 7.10. The van der Waals surface area contributed by atoms with Crippen molar-refractivity contribution < 1.29 is 23.0 Å². The van der Waals surface area contributed by atoms with Gasteiger partial charge in [-0.1, -0.05) is 11.6 Å². The molecule has 0 unspecified atom stereocenters. The summed E-state index contributed by atoms with van der Waals surface area (Å²) >= 11 is 6.94. The number of aromatic nitrogens is 2. The molecule has 0 spiro atoms. The largest absolute Gasteiger partial charge is 0.484 e. The monoisotopic (exact) mass is 425 g/mol. The molecule has 146 valence electrons. The number of carbonyl (C=O) groups excluding carboxylic acids is 1. The normalized spacial score (nSPS) is 10.8. The molecule has 2 aromatic carbocycles. The maximum atomic E-state index is 12.2. The van der Waals surface area contributed by atoms with Gasteiger partial charge in [-0.25, -0.2) is 0 Å². The van der Waals surface area contributed by atoms with Gasteiger partial charge < -0.3 is 9.47 Å². The number of rotatable bonds is 7. The van der Waals surface area contributed by atoms with Gasteiger partial charge in [0.1, 0.15) is 11.5 Å². The Morgan fingerprint density at radius 1 is 1.21 bits per heavy atom. The number of hydrogen-bond acceptors (Lipinski definition) is 6. The van der Waals surface area contributed by atoms with Gasteiger partial charge in [0.25, 0.3) is 5.91 Å². The van der Waals surface area contributed by atoms with E-state index in [0.29, 0.717) is 27.3 Å². The number of hydrogen-bond donors (Lipinski definition) is 1. The topological polar surface area (TPSA) is 73.3 Å². The Balaban J connectivity index is 1.56. The molecule has 0 fully saturated rings. The molecule has 3 rings (SSSR count). The van der Waals surface area contributed by atoms with Crippen molar-refractivity contribution in [3.05, 3.63) is 53.1 Å². The van der Waals surface area contributed by atoms with Gasteiger partial charge in [0, 0.05) is 22.1 Å². The van der Waals surface area contributed by atoms with Crippen LogP contribution in [0.2, 0.25) is 5.02 Å². The first-order chi connectivity index (χ1) is 13.4. The fourth-order valence-corrected chi connectivity index (χ4v) is 2.91. The highest BCUT2D eigenvalue weighted by atomic mass is 35.5. The first-order valence-corrected chi connectivity index (χ1v) is 9.13. The first-order valence-electron chi connectivity index (χ1n) is 7.98. The molecule has 0 bridgehead atoms. The van der Waals surface area contributed by atoms with E-state index in [2.05, 4.69) is 19.4 Å². The molecule has 0 saturated heterocycles. The van der Waals surface area contributed by atoms with E-state index in [1.54, 1.807) is 30.3 Å². The average molecular weight is 426 g/mol. The van der Waals surface area contributed by atoms with Gasteiger partial charge in [-0.3, -0.25) is 10.1 Å². The minimum absolute atomic E-state index is 0.0390. The van der Waals surface area contributed by atoms with E-state index in [1.165, 1.54) is 12.1 Å². The number of amides is 1. The number of nitrogens with zero attached hydrogens (tertiary/aromatic N) is 2. The molecule has 1 aromatic heterocycles. The van der Waals surface area contributed by atoms with E-state index in [-0.39, 0.29) is 12.4 Å². The Kier molecular flexibility index (Phi) is 6.37. The van der Waals surface area contributed by atoms with Crippen LogP contribution in [0.25, 0.3) is 11.4 Å². The second-order valence-corrected chi connectivity index (χ2v) is 6.73. The third-order valence-electron chi connectivity index (χ3n) is 3.51. The van der Waals surface area contributed by atoms with Crippen LogP contribution < -0.4 is 14.8 Å². The summed E-state index contributed by atoms with van der Waals surface area (Å²) in [5.74, 6) is 0.535. The molecular weight excluding hydrogens is 412 g/mol. The van der Waals surface area contributed by atoms with E-state index in [0.717, 1.165) is 17.1 Å². The SMILES string of the molecule is Cc1cc(OCC(=O)Nc2nc(-c3ccc(OC(F)F)cc3)ns2)ccc1Cl. The van der Waals surface area contributed by atoms with Gasteiger partial charge in [0.05, 0.1) is 0 Å². The van der Waals surface area contributed by atoms with E-state index >= 15 is 0 Å². The predicted octanol–water partition coefficient (Wildman–Crippen LogP) is 4.79. The second kappa shape index (κ2) is 8.94. The fraction of sp³-hybridized carbons (Fsp3) is 0.167. The van der Waals surface area contributed by atoms with Crippen LogP contribution in [0.5, 0.6) is 11.5 Å². The van der Waals surface area contributed by atoms with Crippen LogP contribution in [0.3, 0.4) is 0 Å². The summed E-state index contributed by atoms with van der Waals surface area (Å²) in [6.45, 7) is -1.25. The minimum atomic E-state index is -2.89. The minimum Gasteiger partial charge on any atom is -0.484 e. The third-order valence-corrected chi connectivity index (χ3v) is 4.56. The van der Waals surface area contributed by atoms with Crippen LogP contribution >= 0.6 is 23.1 Å². The van der Waals surface area contributed by atoms with E-state index in [1.807, 2.05) is 6.92 Å². The number of aryl methyl sites for hydroxylation is 1. The van der Waals surface area contributed by atoms with Gasteiger partial charge in [0.15, 0.2) is 12.4 Å². The molecule has 0 saturated carbocycles. The molecule has 28 heavy (non-hydrogen) atoms. The van der Waals surface area contributed by atoms with Gasteiger partial charge >= 0.3 is 6.61 Å². The number of halogens is 3. The predicted molar refractivity (Wildman–Crippen MR) is 102 cm³/mol. The number of nitrogens with one attached hydrogen (secondary N) is 1. The zero-order valence-corrected chi connectivity index (χ0v) is 16.1. The van der Waals surface area contributed by atoms with Crippen molar-refractivity contribution in [2.45, 2.75) is 13.5 Å². The number of anilines is 1. The van der Waals surface area contributed by atoms with Crippen molar-refractivity contribution in [1.82, 2.24) is 9.36 Å². The van der Waals surface area contributed by atoms with Crippen LogP contribution in [0.4, 0.5) is 13.9 Å². The number of alkyl halides is 2. The Hall–Kier alpha value is -2.78. The van der Waals surface area contributed by atoms with Crippen molar-refractivity contribution in [2.24, 2.45) is 0 Å². The summed E-state index contributed by atoms with van der Waals surface area (Å²) in [5, 5.41) is 3.51. The molecule has 0 aliphatic rings. The van der Waals surface area contributed by atoms with Crippen molar-refractivity contribution in [3.63, 3.8) is 0 Å². The summed E-state index contributed by atoms with van der Waals surface area (Å²) in [5.41, 5.74) is 1.45. The molecule has 0 aliphatic carbocycles. The van der Waals surface area contributed by atoms with Crippen LogP contribution in [-0.2, 0) is 4.79 Å². The lowest BCUT2D eigenvalue weighted by atomic mass is 10.2. The molecule has 3 aromatic rings. The lowest BCUT2D eigenvalue weighted by molar-refractivity contribution is -0.118. The maximum Gasteiger partial charge on any atom is 0.387 e. The lowest BCUT2D eigenvalue weighted by Crippen LogP contribution is -2.20. The number of benzene rings is 2. The number of ether oxygens (including phenoxy) is 2. The van der Waals surface area contributed by atoms with Crippen LogP contribution in [0, 0.1) is 6.92 Å². The summed E-state index contributed by atoms with van der Waals surface area (Å²) < 4.78 is 38.2. The van der Waals surface area contributed by atoms with Crippen molar-refractivity contribution in [3.8, 4) is 22.9 Å². The maximum absolute atomic E-state index is 12.2. The summed E-state index contributed by atoms with van der Waals surface area (Å²) in [6, 6.07) is 11.0. The molecular formula is C18H14ClF2N3O3S. The van der Waals surface area contributed by atoms with Crippen molar-refractivity contribution in [2.75, 3.05) is 11.9 Å². The van der Waals surface area contributed by atoms with Crippen LogP contribution in [-0.4, -0.2) is 28.5 Å². The molecule has 0 aliphatic heterocycles. The third kappa shape index (κ3) is 5.37. The fourth-order valence-electron chi connectivity index (χ4n) is 2.19. The highest BCUT2D eigenvalue weighted by Crippen LogP contribution is 2.24. The molecule has 1 N–H and O–H groups in total. The van der Waals surface area contributed by atoms with Gasteiger partial charge in [-0.05, 0) is 55.0 Å². The second-order valence-electron chi connectivity index (χ2n) is 5.57. The molecule has 0 atom stereocenters. The Morgan fingerprint density at radius 3 is 2.61 bits per heavy atom. The van der Waals surface area contributed by atoms with Crippen LogP contribution in [0.15, 0.2) is 42.5 Å². The quantitative estimate of drug-likeness (QED) is 0.589. The average Bonchev–Trinajstić information content (AvgIpc) is 3.11. The standard InChI is InChI=1S/C18H14ClF2N3O3S/c1-10-8-13(6-7-14(10)19)26-9-15(25)22-18-23-16(24-28-18)11-2-4-12(5-3-11)27-17(20)21/h2-8,17H,9H2,1H3,(H,22,23,24,25). The zero-order valence-electron chi connectivity index (χ0n) is 14.5. The summed E-state index contributed by atoms with van der Waals surface area (Å²) in [7, 11) is 0. The summed E-state index contributed by atoms with van der Waals surface area (Å²) in [6.07, 6.45) is 0. The van der Waals surface area contributed by atoms with E-state index in [4.69, 9.17) is 16.3 Å². The number of carbonyl (C=O) groups is 1. The lowest BCUT2D eigenvalue weighted by Gasteiger charge is -2.07. The van der Waals surface area contributed by atoms with Crippen molar-refractivity contribution in [1.29, 1.82) is 0 Å². The molecule has 6 nitrogen and oxygen atoms in total. The zero-order chi connectivity index (χ0) is 20.1. The van der Waals surface area contributed by atoms with Crippen LogP contribution in [0.1, 0.15) is 5.56 Å². The first kappa shape index (κ1) is 20.0. The Morgan fingerprint density at radius 2 is 1.93 bits per heavy atom. The Labute approximate surface area is 168 Å². The smallest absolute Gasteiger partial charge is 0.387 e. The van der Waals surface area contributed by atoms with E-state index in [9.17, 15) is 13.6 Å². The molecule has 10 heteroatoms. The molecule has 1 amide bonds. The molecule has 0 radical (unpaired) electrons. The highest BCUT2D eigenvalue weighted by Gasteiger charge is 2.11. The van der Waals surface area contributed by atoms with Gasteiger partial charge in [-0.2, -0.15) is 18.1 Å². The van der Waals surface area contributed by atoms with Crippen molar-refractivity contribution >= 4 is 34.2 Å². The Bertz CT molecular complexity index is 967. The summed E-state index contributed by atoms with van der Waals surface area (Å²) in [4.78, 5) is 16.2. The van der Waals surface area contributed by atoms with E-state index < -0.39 is 12.5 Å².